The van der Waals surface area contributed by atoms with Crippen LogP contribution in [0.3, 0.4) is 0 Å². The zero-order valence-corrected chi connectivity index (χ0v) is 11.2. The lowest BCUT2D eigenvalue weighted by atomic mass is 10.1. The van der Waals surface area contributed by atoms with Crippen molar-refractivity contribution in [1.82, 2.24) is 4.57 Å². The normalized spacial score (nSPS) is 10.9. The van der Waals surface area contributed by atoms with Gasteiger partial charge in [-0.25, -0.2) is 4.39 Å². The molecule has 0 aliphatic rings. The van der Waals surface area contributed by atoms with E-state index in [1.807, 2.05) is 19.2 Å². The summed E-state index contributed by atoms with van der Waals surface area (Å²) in [7, 11) is 2.03. The van der Waals surface area contributed by atoms with Gasteiger partial charge < -0.3 is 15.6 Å². The molecule has 0 unspecified atom stereocenters. The highest BCUT2D eigenvalue weighted by atomic mass is 19.1. The van der Waals surface area contributed by atoms with Gasteiger partial charge in [-0.05, 0) is 29.8 Å². The monoisotopic (exact) mass is 269 g/mol. The van der Waals surface area contributed by atoms with Gasteiger partial charge in [-0.1, -0.05) is 18.2 Å². The minimum atomic E-state index is -0.321. The Balaban J connectivity index is 1.87. The Hall–Kier alpha value is -2.49. The number of aromatic nitrogens is 1. The third-order valence-corrected chi connectivity index (χ3v) is 3.46. The number of nitrogen functional groups attached to an aromatic ring is 1. The van der Waals surface area contributed by atoms with Crippen LogP contribution in [0.15, 0.2) is 48.7 Å². The Morgan fingerprint density at radius 2 is 2.00 bits per heavy atom. The predicted octanol–water partition coefficient (Wildman–Crippen LogP) is 3.51. The summed E-state index contributed by atoms with van der Waals surface area (Å²) in [5, 5.41) is 4.47. The smallest absolute Gasteiger partial charge is 0.125 e. The van der Waals surface area contributed by atoms with Crippen LogP contribution >= 0.6 is 0 Å². The predicted molar refractivity (Wildman–Crippen MR) is 81.1 cm³/mol. The summed E-state index contributed by atoms with van der Waals surface area (Å²) in [4.78, 5) is 0. The van der Waals surface area contributed by atoms with Crippen LogP contribution in [0.5, 0.6) is 0 Å². The van der Waals surface area contributed by atoms with Crippen LogP contribution in [0.1, 0.15) is 5.56 Å². The molecule has 2 aromatic carbocycles. The Morgan fingerprint density at radius 3 is 2.80 bits per heavy atom. The molecule has 0 radical (unpaired) electrons. The molecule has 3 nitrogen and oxygen atoms in total. The maximum Gasteiger partial charge on any atom is 0.125 e. The van der Waals surface area contributed by atoms with Crippen LogP contribution in [0, 0.1) is 5.82 Å². The van der Waals surface area contributed by atoms with Crippen molar-refractivity contribution in [3.63, 3.8) is 0 Å². The molecular formula is C16H16FN3. The molecule has 0 fully saturated rings. The van der Waals surface area contributed by atoms with Gasteiger partial charge in [-0.15, -0.1) is 0 Å². The van der Waals surface area contributed by atoms with Crippen molar-refractivity contribution in [2.75, 3.05) is 11.1 Å². The SMILES string of the molecule is Cn1cc(CNc2ccc(F)cc2N)c2ccccc21. The average Bonchev–Trinajstić information content (AvgIpc) is 2.75. The first-order chi connectivity index (χ1) is 9.65. The van der Waals surface area contributed by atoms with E-state index in [0.29, 0.717) is 12.2 Å². The molecule has 3 rings (SSSR count). The first-order valence-corrected chi connectivity index (χ1v) is 6.47. The van der Waals surface area contributed by atoms with Gasteiger partial charge in [0.25, 0.3) is 0 Å². The summed E-state index contributed by atoms with van der Waals surface area (Å²) in [6.45, 7) is 0.650. The number of para-hydroxylation sites is 1. The average molecular weight is 269 g/mol. The molecule has 0 saturated carbocycles. The second kappa shape index (κ2) is 4.89. The van der Waals surface area contributed by atoms with Crippen molar-refractivity contribution in [2.24, 2.45) is 7.05 Å². The summed E-state index contributed by atoms with van der Waals surface area (Å²) in [6, 6.07) is 12.6. The van der Waals surface area contributed by atoms with Crippen molar-refractivity contribution in [3.8, 4) is 0 Å². The van der Waals surface area contributed by atoms with E-state index in [-0.39, 0.29) is 5.82 Å². The number of halogens is 1. The van der Waals surface area contributed by atoms with Crippen molar-refractivity contribution >= 4 is 22.3 Å². The number of nitrogens with two attached hydrogens (primary N) is 1. The fourth-order valence-electron chi connectivity index (χ4n) is 2.45. The second-order valence-corrected chi connectivity index (χ2v) is 4.87. The summed E-state index contributed by atoms with van der Waals surface area (Å²) in [5.74, 6) is -0.321. The fourth-order valence-corrected chi connectivity index (χ4v) is 2.45. The molecular weight excluding hydrogens is 253 g/mol. The molecule has 0 aliphatic carbocycles. The number of rotatable bonds is 3. The standard InChI is InChI=1S/C16H16FN3/c1-20-10-11(13-4-2-3-5-16(13)20)9-19-15-7-6-12(17)8-14(15)18/h2-8,10,19H,9,18H2,1H3. The molecule has 3 aromatic rings. The van der Waals surface area contributed by atoms with Gasteiger partial charge in [0, 0.05) is 30.7 Å². The third kappa shape index (κ3) is 2.20. The Labute approximate surface area is 116 Å². The molecule has 102 valence electrons. The van der Waals surface area contributed by atoms with Crippen molar-refractivity contribution < 1.29 is 4.39 Å². The van der Waals surface area contributed by atoms with E-state index < -0.39 is 0 Å². The molecule has 20 heavy (non-hydrogen) atoms. The molecule has 0 bridgehead atoms. The summed E-state index contributed by atoms with van der Waals surface area (Å²) >= 11 is 0. The number of nitrogens with one attached hydrogen (secondary N) is 1. The molecule has 3 N–H and O–H groups in total. The van der Waals surface area contributed by atoms with Gasteiger partial charge in [0.2, 0.25) is 0 Å². The molecule has 0 amide bonds. The number of aryl methyl sites for hydroxylation is 1. The molecule has 0 atom stereocenters. The van der Waals surface area contributed by atoms with Crippen molar-refractivity contribution in [3.05, 3.63) is 60.0 Å². The minimum absolute atomic E-state index is 0.321. The number of benzene rings is 2. The van der Waals surface area contributed by atoms with Gasteiger partial charge in [-0.3, -0.25) is 0 Å². The van der Waals surface area contributed by atoms with E-state index in [9.17, 15) is 4.39 Å². The van der Waals surface area contributed by atoms with Crippen LogP contribution in [0.4, 0.5) is 15.8 Å². The van der Waals surface area contributed by atoms with E-state index in [1.54, 1.807) is 6.07 Å². The van der Waals surface area contributed by atoms with Crippen LogP contribution in [-0.2, 0) is 13.6 Å². The van der Waals surface area contributed by atoms with Crippen molar-refractivity contribution in [2.45, 2.75) is 6.54 Å². The maximum absolute atomic E-state index is 13.0. The van der Waals surface area contributed by atoms with E-state index in [4.69, 9.17) is 5.73 Å². The number of nitrogens with zero attached hydrogens (tertiary/aromatic N) is 1. The molecule has 1 aromatic heterocycles. The fraction of sp³-hybridized carbons (Fsp3) is 0.125. The molecule has 0 saturated heterocycles. The topological polar surface area (TPSA) is 43.0 Å². The highest BCUT2D eigenvalue weighted by Crippen LogP contribution is 2.23. The quantitative estimate of drug-likeness (QED) is 0.714. The highest BCUT2D eigenvalue weighted by molar-refractivity contribution is 5.84. The number of hydrogen-bond donors (Lipinski definition) is 2. The zero-order valence-electron chi connectivity index (χ0n) is 11.2. The maximum atomic E-state index is 13.0. The number of fused-ring (bicyclic) bond motifs is 1. The van der Waals surface area contributed by atoms with E-state index >= 15 is 0 Å². The van der Waals surface area contributed by atoms with Crippen LogP contribution in [0.25, 0.3) is 10.9 Å². The third-order valence-electron chi connectivity index (χ3n) is 3.46. The summed E-state index contributed by atoms with van der Waals surface area (Å²) in [6.07, 6.45) is 2.09. The Bertz CT molecular complexity index is 762. The lowest BCUT2D eigenvalue weighted by molar-refractivity contribution is 0.628. The first kappa shape index (κ1) is 12.5. The molecule has 0 spiro atoms. The largest absolute Gasteiger partial charge is 0.397 e. The lowest BCUT2D eigenvalue weighted by Crippen LogP contribution is -2.02. The minimum Gasteiger partial charge on any atom is -0.397 e. The highest BCUT2D eigenvalue weighted by Gasteiger charge is 2.06. The Morgan fingerprint density at radius 1 is 1.20 bits per heavy atom. The van der Waals surface area contributed by atoms with Gasteiger partial charge in [-0.2, -0.15) is 0 Å². The van der Waals surface area contributed by atoms with Gasteiger partial charge >= 0.3 is 0 Å². The zero-order chi connectivity index (χ0) is 14.1. The Kier molecular flexibility index (Phi) is 3.06. The number of anilines is 2. The van der Waals surface area contributed by atoms with E-state index in [0.717, 1.165) is 5.69 Å². The summed E-state index contributed by atoms with van der Waals surface area (Å²) < 4.78 is 15.1. The van der Waals surface area contributed by atoms with Gasteiger partial charge in [0.05, 0.1) is 11.4 Å². The van der Waals surface area contributed by atoms with E-state index in [1.165, 1.54) is 28.6 Å². The molecule has 1 heterocycles. The molecule has 4 heteroatoms. The van der Waals surface area contributed by atoms with Crippen LogP contribution < -0.4 is 11.1 Å². The van der Waals surface area contributed by atoms with E-state index in [2.05, 4.69) is 28.2 Å². The van der Waals surface area contributed by atoms with Crippen LogP contribution in [0.2, 0.25) is 0 Å². The lowest BCUT2D eigenvalue weighted by Gasteiger charge is -2.08. The summed E-state index contributed by atoms with van der Waals surface area (Å²) in [5.41, 5.74) is 9.34. The molecule has 0 aliphatic heterocycles. The second-order valence-electron chi connectivity index (χ2n) is 4.87. The van der Waals surface area contributed by atoms with Gasteiger partial charge in [0.1, 0.15) is 5.82 Å². The van der Waals surface area contributed by atoms with Crippen molar-refractivity contribution in [1.29, 1.82) is 0 Å². The van der Waals surface area contributed by atoms with Gasteiger partial charge in [0.15, 0.2) is 0 Å². The van der Waals surface area contributed by atoms with Crippen LogP contribution in [-0.4, -0.2) is 4.57 Å². The first-order valence-electron chi connectivity index (χ1n) is 6.47. The number of hydrogen-bond acceptors (Lipinski definition) is 2.